The van der Waals surface area contributed by atoms with Gasteiger partial charge in [0.2, 0.25) is 5.95 Å². The van der Waals surface area contributed by atoms with Crippen LogP contribution in [0.2, 0.25) is 0 Å². The predicted octanol–water partition coefficient (Wildman–Crippen LogP) is 0.721. The lowest BCUT2D eigenvalue weighted by Gasteiger charge is -2.36. The van der Waals surface area contributed by atoms with Crippen molar-refractivity contribution < 1.29 is 9.59 Å². The van der Waals surface area contributed by atoms with Gasteiger partial charge in [-0.1, -0.05) is 0 Å². The molecule has 0 radical (unpaired) electrons. The van der Waals surface area contributed by atoms with Gasteiger partial charge in [0.05, 0.1) is 5.69 Å². The molecule has 3 aliphatic rings. The zero-order valence-electron chi connectivity index (χ0n) is 14.1. The fourth-order valence-corrected chi connectivity index (χ4v) is 3.76. The molecule has 0 atom stereocenters. The minimum Gasteiger partial charge on any atom is -0.341 e. The van der Waals surface area contributed by atoms with Gasteiger partial charge in [0.15, 0.2) is 0 Å². The van der Waals surface area contributed by atoms with Crippen molar-refractivity contribution >= 4 is 24.0 Å². The van der Waals surface area contributed by atoms with Crippen LogP contribution in [0.25, 0.3) is 6.08 Å². The monoisotopic (exact) mass is 342 g/mol. The topological polar surface area (TPSA) is 90.5 Å². The highest BCUT2D eigenvalue weighted by Gasteiger charge is 2.27. The van der Waals surface area contributed by atoms with E-state index in [0.717, 1.165) is 25.9 Å². The maximum absolute atomic E-state index is 11.6. The molecule has 8 nitrogen and oxygen atoms in total. The zero-order valence-corrected chi connectivity index (χ0v) is 14.1. The molecule has 25 heavy (non-hydrogen) atoms. The molecular formula is C17H22N6O2. The fourth-order valence-electron chi connectivity index (χ4n) is 3.76. The van der Waals surface area contributed by atoms with Crippen molar-refractivity contribution in [2.24, 2.45) is 0 Å². The van der Waals surface area contributed by atoms with Crippen LogP contribution in [0.1, 0.15) is 31.4 Å². The lowest BCUT2D eigenvalue weighted by molar-refractivity contribution is -0.115. The Hall–Kier alpha value is -2.48. The van der Waals surface area contributed by atoms with E-state index in [9.17, 15) is 9.59 Å². The van der Waals surface area contributed by atoms with Gasteiger partial charge in [-0.15, -0.1) is 0 Å². The van der Waals surface area contributed by atoms with Crippen LogP contribution >= 0.6 is 0 Å². The fraction of sp³-hybridized carbons (Fsp3) is 0.529. The molecule has 4 heterocycles. The molecule has 1 aromatic rings. The second-order valence-electron chi connectivity index (χ2n) is 6.71. The summed E-state index contributed by atoms with van der Waals surface area (Å²) in [6, 6.07) is 1.90. The molecule has 0 saturated carbocycles. The summed E-state index contributed by atoms with van der Waals surface area (Å²) in [5.41, 5.74) is 0.821. The predicted molar refractivity (Wildman–Crippen MR) is 92.7 cm³/mol. The molecule has 3 saturated heterocycles. The van der Waals surface area contributed by atoms with Crippen LogP contribution in [-0.4, -0.2) is 59.0 Å². The Kier molecular flexibility index (Phi) is 4.35. The van der Waals surface area contributed by atoms with Crippen molar-refractivity contribution in [2.45, 2.75) is 31.7 Å². The molecule has 132 valence electrons. The van der Waals surface area contributed by atoms with Crippen molar-refractivity contribution in [2.75, 3.05) is 31.1 Å². The lowest BCUT2D eigenvalue weighted by Crippen LogP contribution is -2.44. The van der Waals surface area contributed by atoms with Gasteiger partial charge in [0.1, 0.15) is 5.70 Å². The molecule has 2 N–H and O–H groups in total. The Labute approximate surface area is 146 Å². The van der Waals surface area contributed by atoms with E-state index in [4.69, 9.17) is 0 Å². The molecule has 3 aliphatic heterocycles. The minimum atomic E-state index is -0.505. The third kappa shape index (κ3) is 3.48. The first-order valence-electron chi connectivity index (χ1n) is 8.85. The third-order valence-corrected chi connectivity index (χ3v) is 5.08. The van der Waals surface area contributed by atoms with E-state index in [0.29, 0.717) is 17.7 Å². The highest BCUT2D eigenvalue weighted by atomic mass is 16.2. The van der Waals surface area contributed by atoms with Crippen LogP contribution in [-0.2, 0) is 4.79 Å². The van der Waals surface area contributed by atoms with E-state index < -0.39 is 11.9 Å². The second-order valence-corrected chi connectivity index (χ2v) is 6.71. The largest absolute Gasteiger partial charge is 0.341 e. The molecule has 3 amide bonds. The van der Waals surface area contributed by atoms with Gasteiger partial charge in [-0.25, -0.2) is 14.8 Å². The van der Waals surface area contributed by atoms with Crippen LogP contribution in [0.4, 0.5) is 10.7 Å². The molecule has 1 aromatic heterocycles. The number of imide groups is 1. The van der Waals surface area contributed by atoms with Crippen molar-refractivity contribution in [3.63, 3.8) is 0 Å². The number of nitrogens with one attached hydrogen (secondary N) is 2. The summed E-state index contributed by atoms with van der Waals surface area (Å²) in [5, 5.41) is 4.65. The summed E-state index contributed by atoms with van der Waals surface area (Å²) in [6.07, 6.45) is 8.17. The highest BCUT2D eigenvalue weighted by Crippen LogP contribution is 2.23. The van der Waals surface area contributed by atoms with E-state index >= 15 is 0 Å². The number of rotatable bonds is 3. The number of hydrogen-bond acceptors (Lipinski definition) is 6. The Morgan fingerprint density at radius 1 is 1.08 bits per heavy atom. The molecule has 0 spiro atoms. The molecule has 8 heteroatoms. The first-order chi connectivity index (χ1) is 12.2. The smallest absolute Gasteiger partial charge is 0.326 e. The first-order valence-corrected chi connectivity index (χ1v) is 8.85. The molecule has 0 bridgehead atoms. The van der Waals surface area contributed by atoms with Gasteiger partial charge in [-0.05, 0) is 50.9 Å². The summed E-state index contributed by atoms with van der Waals surface area (Å²) in [5.74, 6) is 0.246. The van der Waals surface area contributed by atoms with Crippen molar-refractivity contribution in [3.05, 3.63) is 23.7 Å². The summed E-state index contributed by atoms with van der Waals surface area (Å²) in [7, 11) is 0. The quantitative estimate of drug-likeness (QED) is 0.621. The number of piperidine rings is 1. The molecule has 0 unspecified atom stereocenters. The number of hydrogen-bond donors (Lipinski definition) is 2. The number of amides is 3. The third-order valence-electron chi connectivity index (χ3n) is 5.08. The summed E-state index contributed by atoms with van der Waals surface area (Å²) >= 11 is 0. The van der Waals surface area contributed by atoms with Gasteiger partial charge in [0.25, 0.3) is 5.91 Å². The summed E-state index contributed by atoms with van der Waals surface area (Å²) < 4.78 is 0. The Bertz CT molecular complexity index is 705. The second kappa shape index (κ2) is 6.79. The van der Waals surface area contributed by atoms with Crippen molar-refractivity contribution in [1.29, 1.82) is 0 Å². The number of carbonyl (C=O) groups excluding carboxylic acids is 2. The Morgan fingerprint density at radius 2 is 1.84 bits per heavy atom. The van der Waals surface area contributed by atoms with Crippen LogP contribution in [0.5, 0.6) is 0 Å². The van der Waals surface area contributed by atoms with Crippen molar-refractivity contribution in [1.82, 2.24) is 25.5 Å². The van der Waals surface area contributed by atoms with Gasteiger partial charge < -0.3 is 15.1 Å². The Morgan fingerprint density at radius 3 is 2.52 bits per heavy atom. The average molecular weight is 342 g/mol. The molecule has 3 fully saturated rings. The molecular weight excluding hydrogens is 320 g/mol. The van der Waals surface area contributed by atoms with E-state index in [2.05, 4.69) is 30.4 Å². The van der Waals surface area contributed by atoms with Crippen LogP contribution in [0.15, 0.2) is 18.0 Å². The van der Waals surface area contributed by atoms with Crippen LogP contribution in [0.3, 0.4) is 0 Å². The number of likely N-dealkylation sites (tertiary alicyclic amines) is 1. The first kappa shape index (κ1) is 16.0. The van der Waals surface area contributed by atoms with Gasteiger partial charge >= 0.3 is 6.03 Å². The van der Waals surface area contributed by atoms with E-state index in [-0.39, 0.29) is 5.70 Å². The molecule has 0 aromatic carbocycles. The average Bonchev–Trinajstić information content (AvgIpc) is 3.26. The van der Waals surface area contributed by atoms with Crippen LogP contribution in [0, 0.1) is 0 Å². The van der Waals surface area contributed by atoms with Gasteiger partial charge in [-0.2, -0.15) is 0 Å². The summed E-state index contributed by atoms with van der Waals surface area (Å²) in [4.78, 5) is 36.5. The number of nitrogens with zero attached hydrogens (tertiary/aromatic N) is 4. The number of urea groups is 1. The zero-order chi connectivity index (χ0) is 17.2. The van der Waals surface area contributed by atoms with Crippen molar-refractivity contribution in [3.8, 4) is 0 Å². The van der Waals surface area contributed by atoms with Crippen LogP contribution < -0.4 is 15.5 Å². The Balaban J connectivity index is 1.43. The molecule has 4 rings (SSSR count). The van der Waals surface area contributed by atoms with E-state index in [1.54, 1.807) is 18.3 Å². The maximum Gasteiger partial charge on any atom is 0.326 e. The van der Waals surface area contributed by atoms with Gasteiger partial charge in [-0.3, -0.25) is 10.1 Å². The minimum absolute atomic E-state index is 0.211. The number of anilines is 1. The lowest BCUT2D eigenvalue weighted by atomic mass is 10.0. The van der Waals surface area contributed by atoms with Gasteiger partial charge in [0, 0.05) is 25.3 Å². The van der Waals surface area contributed by atoms with E-state index in [1.165, 1.54) is 25.9 Å². The molecule has 0 aliphatic carbocycles. The highest BCUT2D eigenvalue weighted by molar-refractivity contribution is 6.13. The van der Waals surface area contributed by atoms with E-state index in [1.807, 2.05) is 0 Å². The maximum atomic E-state index is 11.6. The number of aromatic nitrogens is 2. The SMILES string of the molecule is O=C1NC(=O)C(=Cc2ccnc(N3CCC(N4CCCC4)CC3)n2)N1. The number of carbonyl (C=O) groups is 2. The summed E-state index contributed by atoms with van der Waals surface area (Å²) in [6.45, 7) is 4.35. The standard InChI is InChI=1S/C17H22N6O2/c24-15-14(20-17(25)21-15)11-12-3-6-18-16(19-12)23-9-4-13(5-10-23)22-7-1-2-8-22/h3,6,11,13H,1-2,4-5,7-10H2,(H2,20,21,24,25). The normalized spacial score (nSPS) is 24.0.